The van der Waals surface area contributed by atoms with E-state index in [1.807, 2.05) is 31.2 Å². The van der Waals surface area contributed by atoms with Crippen molar-refractivity contribution in [2.75, 3.05) is 25.1 Å². The molecule has 0 saturated heterocycles. The van der Waals surface area contributed by atoms with Gasteiger partial charge in [0.1, 0.15) is 5.75 Å². The molecule has 0 saturated carbocycles. The second-order valence-electron chi connectivity index (χ2n) is 3.61. The quantitative estimate of drug-likeness (QED) is 0.596. The number of para-hydroxylation sites is 2. The molecule has 0 atom stereocenters. The summed E-state index contributed by atoms with van der Waals surface area (Å²) < 4.78 is 10.3. The van der Waals surface area contributed by atoms with Crippen molar-refractivity contribution in [3.8, 4) is 5.75 Å². The number of ether oxygens (including phenoxy) is 2. The number of nitrogens with one attached hydrogen (secondary N) is 1. The number of carbonyl (C=O) groups is 1. The van der Waals surface area contributed by atoms with Gasteiger partial charge in [-0.3, -0.25) is 0 Å². The van der Waals surface area contributed by atoms with Crippen LogP contribution in [-0.4, -0.2) is 25.7 Å². The smallest absolute Gasteiger partial charge is 0.335 e. The standard InChI is InChI=1S/C14H19NO3/c1-4-17-13-9-7-6-8-12(13)15-10-11(3)14(16)18-5-2/h6-9,15H,3-5,10H2,1-2H3. The predicted molar refractivity (Wildman–Crippen MR) is 71.9 cm³/mol. The van der Waals surface area contributed by atoms with Gasteiger partial charge in [-0.05, 0) is 26.0 Å². The van der Waals surface area contributed by atoms with Gasteiger partial charge in [-0.15, -0.1) is 0 Å². The van der Waals surface area contributed by atoms with Crippen molar-refractivity contribution in [2.24, 2.45) is 0 Å². The van der Waals surface area contributed by atoms with Crippen molar-refractivity contribution < 1.29 is 14.3 Å². The Morgan fingerprint density at radius 2 is 2.00 bits per heavy atom. The molecule has 0 aliphatic rings. The lowest BCUT2D eigenvalue weighted by Crippen LogP contribution is -2.15. The SMILES string of the molecule is C=C(CNc1ccccc1OCC)C(=O)OCC. The molecule has 4 heteroatoms. The number of esters is 1. The van der Waals surface area contributed by atoms with Crippen molar-refractivity contribution in [1.82, 2.24) is 0 Å². The lowest BCUT2D eigenvalue weighted by atomic mass is 10.2. The highest BCUT2D eigenvalue weighted by Gasteiger charge is 2.08. The molecule has 0 aromatic heterocycles. The fourth-order valence-electron chi connectivity index (χ4n) is 1.40. The third-order valence-corrected chi connectivity index (χ3v) is 2.24. The van der Waals surface area contributed by atoms with E-state index in [-0.39, 0.29) is 5.97 Å². The zero-order chi connectivity index (χ0) is 13.4. The van der Waals surface area contributed by atoms with Crippen LogP contribution in [0.3, 0.4) is 0 Å². The Morgan fingerprint density at radius 3 is 2.67 bits per heavy atom. The van der Waals surface area contributed by atoms with E-state index in [9.17, 15) is 4.79 Å². The summed E-state index contributed by atoms with van der Waals surface area (Å²) in [5.41, 5.74) is 1.23. The molecule has 0 spiro atoms. The molecule has 18 heavy (non-hydrogen) atoms. The third-order valence-electron chi connectivity index (χ3n) is 2.24. The van der Waals surface area contributed by atoms with Crippen LogP contribution >= 0.6 is 0 Å². The van der Waals surface area contributed by atoms with E-state index in [2.05, 4.69) is 11.9 Å². The van der Waals surface area contributed by atoms with Crippen molar-refractivity contribution in [2.45, 2.75) is 13.8 Å². The van der Waals surface area contributed by atoms with E-state index in [1.54, 1.807) is 6.92 Å². The Morgan fingerprint density at radius 1 is 1.28 bits per heavy atom. The van der Waals surface area contributed by atoms with Crippen LogP contribution < -0.4 is 10.1 Å². The molecule has 0 bridgehead atoms. The fourth-order valence-corrected chi connectivity index (χ4v) is 1.40. The van der Waals surface area contributed by atoms with E-state index in [0.29, 0.717) is 25.3 Å². The summed E-state index contributed by atoms with van der Waals surface area (Å²) in [4.78, 5) is 11.4. The molecule has 0 aliphatic heterocycles. The van der Waals surface area contributed by atoms with Gasteiger partial charge in [-0.1, -0.05) is 18.7 Å². The van der Waals surface area contributed by atoms with Crippen LogP contribution in [0.15, 0.2) is 36.4 Å². The maximum absolute atomic E-state index is 11.4. The molecular formula is C14H19NO3. The molecule has 0 heterocycles. The van der Waals surface area contributed by atoms with Gasteiger partial charge >= 0.3 is 5.97 Å². The van der Waals surface area contributed by atoms with Gasteiger partial charge in [0.15, 0.2) is 0 Å². The molecule has 0 unspecified atom stereocenters. The lowest BCUT2D eigenvalue weighted by molar-refractivity contribution is -0.138. The first-order valence-electron chi connectivity index (χ1n) is 5.99. The first kappa shape index (κ1) is 14.1. The first-order valence-corrected chi connectivity index (χ1v) is 5.99. The summed E-state index contributed by atoms with van der Waals surface area (Å²) in [6.45, 7) is 8.66. The summed E-state index contributed by atoms with van der Waals surface area (Å²) in [5, 5.41) is 3.11. The molecule has 0 aliphatic carbocycles. The van der Waals surface area contributed by atoms with Crippen LogP contribution in [0.5, 0.6) is 5.75 Å². The molecule has 1 aromatic carbocycles. The normalized spacial score (nSPS) is 9.67. The second kappa shape index (κ2) is 7.37. The van der Waals surface area contributed by atoms with Crippen molar-refractivity contribution in [1.29, 1.82) is 0 Å². The van der Waals surface area contributed by atoms with Gasteiger partial charge in [0.25, 0.3) is 0 Å². The third kappa shape index (κ3) is 4.13. The van der Waals surface area contributed by atoms with Crippen molar-refractivity contribution in [3.63, 3.8) is 0 Å². The molecule has 0 fully saturated rings. The minimum absolute atomic E-state index is 0.336. The predicted octanol–water partition coefficient (Wildman–Crippen LogP) is 2.62. The summed E-state index contributed by atoms with van der Waals surface area (Å²) >= 11 is 0. The lowest BCUT2D eigenvalue weighted by Gasteiger charge is -2.12. The highest BCUT2D eigenvalue weighted by molar-refractivity contribution is 5.88. The summed E-state index contributed by atoms with van der Waals surface area (Å²) in [6.07, 6.45) is 0. The molecule has 98 valence electrons. The monoisotopic (exact) mass is 249 g/mol. The Kier molecular flexibility index (Phi) is 5.77. The van der Waals surface area contributed by atoms with Gasteiger partial charge < -0.3 is 14.8 Å². The molecule has 1 N–H and O–H groups in total. The zero-order valence-corrected chi connectivity index (χ0v) is 10.9. The fraction of sp³-hybridized carbons (Fsp3) is 0.357. The van der Waals surface area contributed by atoms with Crippen LogP contribution in [-0.2, 0) is 9.53 Å². The van der Waals surface area contributed by atoms with Crippen molar-refractivity contribution >= 4 is 11.7 Å². The van der Waals surface area contributed by atoms with E-state index in [4.69, 9.17) is 9.47 Å². The molecule has 4 nitrogen and oxygen atoms in total. The topological polar surface area (TPSA) is 47.6 Å². The van der Waals surface area contributed by atoms with Crippen LogP contribution in [0.4, 0.5) is 5.69 Å². The average molecular weight is 249 g/mol. The minimum atomic E-state index is -0.376. The number of hydrogen-bond donors (Lipinski definition) is 1. The molecule has 1 rings (SSSR count). The van der Waals surface area contributed by atoms with E-state index in [1.165, 1.54) is 0 Å². The number of rotatable bonds is 7. The maximum atomic E-state index is 11.4. The first-order chi connectivity index (χ1) is 8.69. The Balaban J connectivity index is 2.57. The molecule has 0 radical (unpaired) electrons. The largest absolute Gasteiger partial charge is 0.492 e. The number of hydrogen-bond acceptors (Lipinski definition) is 4. The number of anilines is 1. The van der Waals surface area contributed by atoms with Gasteiger partial charge in [-0.25, -0.2) is 4.79 Å². The zero-order valence-electron chi connectivity index (χ0n) is 10.9. The van der Waals surface area contributed by atoms with Gasteiger partial charge in [-0.2, -0.15) is 0 Å². The average Bonchev–Trinajstić information content (AvgIpc) is 2.38. The Labute approximate surface area is 108 Å². The minimum Gasteiger partial charge on any atom is -0.492 e. The molecule has 0 amide bonds. The Hall–Kier alpha value is -1.97. The van der Waals surface area contributed by atoms with E-state index in [0.717, 1.165) is 11.4 Å². The highest BCUT2D eigenvalue weighted by Crippen LogP contribution is 2.23. The Bertz CT molecular complexity index is 415. The van der Waals surface area contributed by atoms with Gasteiger partial charge in [0.05, 0.1) is 18.9 Å². The van der Waals surface area contributed by atoms with Crippen LogP contribution in [0.25, 0.3) is 0 Å². The number of benzene rings is 1. The molecule has 1 aromatic rings. The van der Waals surface area contributed by atoms with E-state index >= 15 is 0 Å². The summed E-state index contributed by atoms with van der Waals surface area (Å²) in [5.74, 6) is 0.385. The second-order valence-corrected chi connectivity index (χ2v) is 3.61. The summed E-state index contributed by atoms with van der Waals surface area (Å²) in [7, 11) is 0. The van der Waals surface area contributed by atoms with Gasteiger partial charge in [0, 0.05) is 12.1 Å². The summed E-state index contributed by atoms with van der Waals surface area (Å²) in [6, 6.07) is 7.57. The van der Waals surface area contributed by atoms with E-state index < -0.39 is 0 Å². The van der Waals surface area contributed by atoms with Crippen LogP contribution in [0, 0.1) is 0 Å². The van der Waals surface area contributed by atoms with Crippen molar-refractivity contribution in [3.05, 3.63) is 36.4 Å². The highest BCUT2D eigenvalue weighted by atomic mass is 16.5. The number of carbonyl (C=O) groups excluding carboxylic acids is 1. The van der Waals surface area contributed by atoms with Gasteiger partial charge in [0.2, 0.25) is 0 Å². The van der Waals surface area contributed by atoms with Crippen LogP contribution in [0.2, 0.25) is 0 Å². The maximum Gasteiger partial charge on any atom is 0.335 e. The molecular weight excluding hydrogens is 230 g/mol. The van der Waals surface area contributed by atoms with Crippen LogP contribution in [0.1, 0.15) is 13.8 Å².